The van der Waals surface area contributed by atoms with Crippen molar-refractivity contribution in [1.82, 2.24) is 9.78 Å². The first-order valence-electron chi connectivity index (χ1n) is 6.50. The minimum Gasteiger partial charge on any atom is -0.320 e. The van der Waals surface area contributed by atoms with E-state index >= 15 is 0 Å². The molecule has 4 nitrogen and oxygen atoms in total. The molecule has 1 heterocycles. The van der Waals surface area contributed by atoms with Gasteiger partial charge in [-0.15, -0.1) is 0 Å². The maximum atomic E-state index is 12.3. The van der Waals surface area contributed by atoms with Crippen LogP contribution in [-0.4, -0.2) is 15.7 Å². The van der Waals surface area contributed by atoms with E-state index in [1.807, 2.05) is 30.3 Å². The summed E-state index contributed by atoms with van der Waals surface area (Å²) >= 11 is 11.9. The molecular weight excluding hydrogens is 321 g/mol. The molecule has 1 amide bonds. The van der Waals surface area contributed by atoms with Crippen LogP contribution in [0.15, 0.2) is 60.9 Å². The van der Waals surface area contributed by atoms with Crippen LogP contribution in [0.5, 0.6) is 0 Å². The van der Waals surface area contributed by atoms with Gasteiger partial charge in [-0.1, -0.05) is 41.4 Å². The third-order valence-electron chi connectivity index (χ3n) is 3.04. The molecule has 2 aromatic carbocycles. The molecular formula is C16H11Cl2N3O. The van der Waals surface area contributed by atoms with Crippen LogP contribution in [0.1, 0.15) is 10.4 Å². The molecule has 0 aliphatic rings. The van der Waals surface area contributed by atoms with Crippen molar-refractivity contribution >= 4 is 34.8 Å². The molecule has 0 unspecified atom stereocenters. The predicted octanol–water partition coefficient (Wildman–Crippen LogP) is 4.43. The topological polar surface area (TPSA) is 46.9 Å². The van der Waals surface area contributed by atoms with Crippen molar-refractivity contribution < 1.29 is 4.79 Å². The lowest BCUT2D eigenvalue weighted by Gasteiger charge is -2.06. The van der Waals surface area contributed by atoms with Gasteiger partial charge in [-0.25, -0.2) is 4.68 Å². The number of anilines is 1. The molecule has 6 heteroatoms. The summed E-state index contributed by atoms with van der Waals surface area (Å²) in [5.41, 5.74) is 1.77. The highest BCUT2D eigenvalue weighted by molar-refractivity contribution is 6.35. The van der Waals surface area contributed by atoms with Crippen LogP contribution in [-0.2, 0) is 0 Å². The van der Waals surface area contributed by atoms with Gasteiger partial charge in [0.2, 0.25) is 0 Å². The zero-order valence-corrected chi connectivity index (χ0v) is 12.8. The van der Waals surface area contributed by atoms with E-state index in [0.717, 1.165) is 5.69 Å². The zero-order valence-electron chi connectivity index (χ0n) is 11.3. The lowest BCUT2D eigenvalue weighted by atomic mass is 10.3. The quantitative estimate of drug-likeness (QED) is 0.771. The summed E-state index contributed by atoms with van der Waals surface area (Å²) in [6.07, 6.45) is 3.16. The van der Waals surface area contributed by atoms with Crippen molar-refractivity contribution in [2.24, 2.45) is 0 Å². The van der Waals surface area contributed by atoms with Crippen molar-refractivity contribution in [2.45, 2.75) is 0 Å². The average Bonchev–Trinajstić information content (AvgIpc) is 3.02. The Hall–Kier alpha value is -2.30. The SMILES string of the molecule is O=C(Nc1cc(Cl)ccc1Cl)c1cnn(-c2ccccc2)c1. The van der Waals surface area contributed by atoms with Gasteiger partial charge in [-0.3, -0.25) is 4.79 Å². The summed E-state index contributed by atoms with van der Waals surface area (Å²) in [5, 5.41) is 7.83. The lowest BCUT2D eigenvalue weighted by Crippen LogP contribution is -2.11. The van der Waals surface area contributed by atoms with Gasteiger partial charge in [0.25, 0.3) is 5.91 Å². The van der Waals surface area contributed by atoms with Gasteiger partial charge in [0, 0.05) is 11.2 Å². The molecule has 3 rings (SSSR count). The predicted molar refractivity (Wildman–Crippen MR) is 88.0 cm³/mol. The van der Waals surface area contributed by atoms with E-state index in [4.69, 9.17) is 23.2 Å². The number of benzene rings is 2. The molecule has 0 saturated heterocycles. The Labute approximate surface area is 137 Å². The molecule has 3 aromatic rings. The molecule has 0 radical (unpaired) electrons. The average molecular weight is 332 g/mol. The highest BCUT2D eigenvalue weighted by Gasteiger charge is 2.11. The smallest absolute Gasteiger partial charge is 0.258 e. The maximum Gasteiger partial charge on any atom is 0.258 e. The number of hydrogen-bond acceptors (Lipinski definition) is 2. The summed E-state index contributed by atoms with van der Waals surface area (Å²) < 4.78 is 1.63. The number of carbonyl (C=O) groups is 1. The zero-order chi connectivity index (χ0) is 15.5. The molecule has 0 bridgehead atoms. The molecule has 0 atom stereocenters. The summed E-state index contributed by atoms with van der Waals surface area (Å²) in [7, 11) is 0. The Morgan fingerprint density at radius 2 is 1.86 bits per heavy atom. The first kappa shape index (κ1) is 14.6. The van der Waals surface area contributed by atoms with E-state index in [0.29, 0.717) is 21.3 Å². The van der Waals surface area contributed by atoms with Crippen LogP contribution in [0.4, 0.5) is 5.69 Å². The van der Waals surface area contributed by atoms with Crippen molar-refractivity contribution in [3.05, 3.63) is 76.5 Å². The number of hydrogen-bond donors (Lipinski definition) is 1. The number of para-hydroxylation sites is 1. The summed E-state index contributed by atoms with van der Waals surface area (Å²) in [6, 6.07) is 14.4. The van der Waals surface area contributed by atoms with Gasteiger partial charge in [0.1, 0.15) is 0 Å². The van der Waals surface area contributed by atoms with Crippen LogP contribution in [0, 0.1) is 0 Å². The molecule has 0 aliphatic heterocycles. The largest absolute Gasteiger partial charge is 0.320 e. The fourth-order valence-corrected chi connectivity index (χ4v) is 2.29. The normalized spacial score (nSPS) is 10.5. The third kappa shape index (κ3) is 3.13. The Kier molecular flexibility index (Phi) is 4.13. The Balaban J connectivity index is 1.81. The Bertz CT molecular complexity index is 815. The second-order valence-corrected chi connectivity index (χ2v) is 5.43. The Morgan fingerprint density at radius 1 is 1.09 bits per heavy atom. The molecule has 0 aliphatic carbocycles. The molecule has 0 spiro atoms. The summed E-state index contributed by atoms with van der Waals surface area (Å²) in [4.78, 5) is 12.3. The summed E-state index contributed by atoms with van der Waals surface area (Å²) in [6.45, 7) is 0. The van der Waals surface area contributed by atoms with Crippen LogP contribution < -0.4 is 5.32 Å². The first-order chi connectivity index (χ1) is 10.6. The van der Waals surface area contributed by atoms with Crippen LogP contribution in [0.2, 0.25) is 10.0 Å². The van der Waals surface area contributed by atoms with Crippen molar-refractivity contribution in [3.8, 4) is 5.69 Å². The van der Waals surface area contributed by atoms with Crippen molar-refractivity contribution in [1.29, 1.82) is 0 Å². The van der Waals surface area contributed by atoms with Crippen molar-refractivity contribution in [2.75, 3.05) is 5.32 Å². The minimum absolute atomic E-state index is 0.300. The van der Waals surface area contributed by atoms with E-state index in [1.165, 1.54) is 6.20 Å². The number of nitrogens with zero attached hydrogens (tertiary/aromatic N) is 2. The van der Waals surface area contributed by atoms with E-state index < -0.39 is 0 Å². The van der Waals surface area contributed by atoms with Gasteiger partial charge < -0.3 is 5.32 Å². The van der Waals surface area contributed by atoms with Crippen molar-refractivity contribution in [3.63, 3.8) is 0 Å². The second kappa shape index (κ2) is 6.22. The molecule has 22 heavy (non-hydrogen) atoms. The van der Waals surface area contributed by atoms with Gasteiger partial charge >= 0.3 is 0 Å². The molecule has 0 fully saturated rings. The van der Waals surface area contributed by atoms with Gasteiger partial charge in [-0.2, -0.15) is 5.10 Å². The number of aromatic nitrogens is 2. The maximum absolute atomic E-state index is 12.3. The van der Waals surface area contributed by atoms with Crippen LogP contribution in [0.3, 0.4) is 0 Å². The van der Waals surface area contributed by atoms with E-state index in [2.05, 4.69) is 10.4 Å². The minimum atomic E-state index is -0.300. The molecule has 0 saturated carbocycles. The number of rotatable bonds is 3. The second-order valence-electron chi connectivity index (χ2n) is 4.59. The van der Waals surface area contributed by atoms with E-state index in [9.17, 15) is 4.79 Å². The summed E-state index contributed by atoms with van der Waals surface area (Å²) in [5.74, 6) is -0.300. The van der Waals surface area contributed by atoms with Gasteiger partial charge in [0.15, 0.2) is 0 Å². The number of halogens is 2. The first-order valence-corrected chi connectivity index (χ1v) is 7.25. The van der Waals surface area contributed by atoms with Gasteiger partial charge in [-0.05, 0) is 30.3 Å². The van der Waals surface area contributed by atoms with Gasteiger partial charge in [0.05, 0.1) is 28.2 Å². The van der Waals surface area contributed by atoms with E-state index in [1.54, 1.807) is 29.1 Å². The molecule has 110 valence electrons. The molecule has 1 N–H and O–H groups in total. The lowest BCUT2D eigenvalue weighted by molar-refractivity contribution is 0.102. The fourth-order valence-electron chi connectivity index (χ4n) is 1.95. The number of nitrogens with one attached hydrogen (secondary N) is 1. The number of carbonyl (C=O) groups excluding carboxylic acids is 1. The van der Waals surface area contributed by atoms with Crippen LogP contribution in [0.25, 0.3) is 5.69 Å². The molecule has 1 aromatic heterocycles. The fraction of sp³-hybridized carbons (Fsp3) is 0. The third-order valence-corrected chi connectivity index (χ3v) is 3.61. The monoisotopic (exact) mass is 331 g/mol. The highest BCUT2D eigenvalue weighted by atomic mass is 35.5. The van der Waals surface area contributed by atoms with Crippen LogP contribution >= 0.6 is 23.2 Å². The standard InChI is InChI=1S/C16H11Cl2N3O/c17-12-6-7-14(18)15(8-12)20-16(22)11-9-19-21(10-11)13-4-2-1-3-5-13/h1-10H,(H,20,22). The van der Waals surface area contributed by atoms with E-state index in [-0.39, 0.29) is 5.91 Å². The number of amides is 1. The highest BCUT2D eigenvalue weighted by Crippen LogP contribution is 2.25. The Morgan fingerprint density at radius 3 is 2.64 bits per heavy atom.